The molecule has 0 radical (unpaired) electrons. The number of hydrogen-bond acceptors (Lipinski definition) is 3. The van der Waals surface area contributed by atoms with Gasteiger partial charge in [0.1, 0.15) is 6.73 Å². The van der Waals surface area contributed by atoms with Crippen molar-refractivity contribution in [3.05, 3.63) is 77.1 Å². The summed E-state index contributed by atoms with van der Waals surface area (Å²) in [4.78, 5) is 12.2. The van der Waals surface area contributed by atoms with E-state index in [0.717, 1.165) is 22.4 Å². The van der Waals surface area contributed by atoms with Gasteiger partial charge < -0.3 is 4.74 Å². The molecule has 110 valence electrons. The molecule has 2 aromatic carbocycles. The summed E-state index contributed by atoms with van der Waals surface area (Å²) >= 11 is 0. The lowest BCUT2D eigenvalue weighted by Gasteiger charge is -2.12. The summed E-state index contributed by atoms with van der Waals surface area (Å²) in [6.07, 6.45) is 0. The van der Waals surface area contributed by atoms with E-state index in [2.05, 4.69) is 5.10 Å². The lowest BCUT2D eigenvalue weighted by molar-refractivity contribution is 0.116. The maximum atomic E-state index is 12.2. The molecule has 0 aliphatic rings. The van der Waals surface area contributed by atoms with Gasteiger partial charge in [0.05, 0.1) is 5.69 Å². The van der Waals surface area contributed by atoms with Gasteiger partial charge in [-0.25, -0.2) is 4.68 Å². The number of methoxy groups -OCH3 is 1. The Balaban J connectivity index is 2.24. The standard InChI is InChI=1S/C18H16N2O2/c1-22-13-20-17(21)12-16(14-8-4-2-5-9-14)18(19-20)15-10-6-3-7-11-15/h2-12H,13H2,1H3. The van der Waals surface area contributed by atoms with E-state index in [4.69, 9.17) is 4.74 Å². The Hall–Kier alpha value is -2.72. The van der Waals surface area contributed by atoms with Crippen LogP contribution in [0.4, 0.5) is 0 Å². The van der Waals surface area contributed by atoms with Crippen molar-refractivity contribution >= 4 is 0 Å². The number of hydrogen-bond donors (Lipinski definition) is 0. The summed E-state index contributed by atoms with van der Waals surface area (Å²) in [7, 11) is 1.54. The van der Waals surface area contributed by atoms with Crippen molar-refractivity contribution in [2.45, 2.75) is 6.73 Å². The normalized spacial score (nSPS) is 10.6. The van der Waals surface area contributed by atoms with Crippen molar-refractivity contribution in [3.8, 4) is 22.4 Å². The molecule has 0 saturated carbocycles. The smallest absolute Gasteiger partial charge is 0.269 e. The van der Waals surface area contributed by atoms with Crippen molar-refractivity contribution in [2.24, 2.45) is 0 Å². The number of nitrogens with zero attached hydrogens (tertiary/aromatic N) is 2. The van der Waals surface area contributed by atoms with E-state index in [9.17, 15) is 4.79 Å². The highest BCUT2D eigenvalue weighted by atomic mass is 16.5. The van der Waals surface area contributed by atoms with Gasteiger partial charge >= 0.3 is 0 Å². The predicted octanol–water partition coefficient (Wildman–Crippen LogP) is 3.18. The van der Waals surface area contributed by atoms with Crippen LogP contribution in [0.3, 0.4) is 0 Å². The molecule has 1 aromatic heterocycles. The molecule has 0 N–H and O–H groups in total. The van der Waals surface area contributed by atoms with Crippen LogP contribution in [0.15, 0.2) is 71.5 Å². The first kappa shape index (κ1) is 14.2. The predicted molar refractivity (Wildman–Crippen MR) is 86.4 cm³/mol. The molecular weight excluding hydrogens is 276 g/mol. The van der Waals surface area contributed by atoms with E-state index in [-0.39, 0.29) is 12.3 Å². The molecule has 0 bridgehead atoms. The van der Waals surface area contributed by atoms with Gasteiger partial charge in [-0.15, -0.1) is 0 Å². The first-order valence-corrected chi connectivity index (χ1v) is 7.01. The first-order valence-electron chi connectivity index (χ1n) is 7.01. The largest absolute Gasteiger partial charge is 0.362 e. The second-order valence-corrected chi connectivity index (χ2v) is 4.89. The minimum absolute atomic E-state index is 0.133. The topological polar surface area (TPSA) is 44.1 Å². The second kappa shape index (κ2) is 6.37. The molecule has 0 fully saturated rings. The van der Waals surface area contributed by atoms with E-state index < -0.39 is 0 Å². The Morgan fingerprint density at radius 3 is 2.14 bits per heavy atom. The summed E-state index contributed by atoms with van der Waals surface area (Å²) in [6, 6.07) is 21.2. The summed E-state index contributed by atoms with van der Waals surface area (Å²) < 4.78 is 6.37. The van der Waals surface area contributed by atoms with E-state index in [1.807, 2.05) is 60.7 Å². The molecule has 0 saturated heterocycles. The molecule has 0 aliphatic carbocycles. The van der Waals surface area contributed by atoms with Crippen LogP contribution in [0.5, 0.6) is 0 Å². The van der Waals surface area contributed by atoms with Crippen LogP contribution in [-0.4, -0.2) is 16.9 Å². The van der Waals surface area contributed by atoms with E-state index in [1.54, 1.807) is 13.2 Å². The minimum atomic E-state index is -0.180. The van der Waals surface area contributed by atoms with E-state index >= 15 is 0 Å². The van der Waals surface area contributed by atoms with Gasteiger partial charge in [-0.1, -0.05) is 60.7 Å². The van der Waals surface area contributed by atoms with Gasteiger partial charge in [0.2, 0.25) is 0 Å². The fourth-order valence-electron chi connectivity index (χ4n) is 2.35. The first-order chi connectivity index (χ1) is 10.8. The van der Waals surface area contributed by atoms with Crippen LogP contribution in [-0.2, 0) is 11.5 Å². The fourth-order valence-corrected chi connectivity index (χ4v) is 2.35. The highest BCUT2D eigenvalue weighted by Gasteiger charge is 2.12. The summed E-state index contributed by atoms with van der Waals surface area (Å²) in [5, 5.41) is 4.49. The SMILES string of the molecule is COCn1nc(-c2ccccc2)c(-c2ccccc2)cc1=O. The van der Waals surface area contributed by atoms with Crippen molar-refractivity contribution in [2.75, 3.05) is 7.11 Å². The average molecular weight is 292 g/mol. The lowest BCUT2D eigenvalue weighted by atomic mass is 10.0. The molecule has 4 heteroatoms. The monoisotopic (exact) mass is 292 g/mol. The summed E-state index contributed by atoms with van der Waals surface area (Å²) in [6.45, 7) is 0.133. The van der Waals surface area contributed by atoms with E-state index in [0.29, 0.717) is 0 Å². The molecule has 0 unspecified atom stereocenters. The molecule has 1 heterocycles. The third-order valence-corrected chi connectivity index (χ3v) is 3.38. The third kappa shape index (κ3) is 2.82. The number of rotatable bonds is 4. The maximum absolute atomic E-state index is 12.2. The molecule has 22 heavy (non-hydrogen) atoms. The molecule has 3 aromatic rings. The van der Waals surface area contributed by atoms with Crippen LogP contribution < -0.4 is 5.56 Å². The highest BCUT2D eigenvalue weighted by Crippen LogP contribution is 2.28. The van der Waals surface area contributed by atoms with Crippen molar-refractivity contribution < 1.29 is 4.74 Å². The lowest BCUT2D eigenvalue weighted by Crippen LogP contribution is -2.24. The summed E-state index contributed by atoms with van der Waals surface area (Å²) in [5.74, 6) is 0. The van der Waals surface area contributed by atoms with Crippen molar-refractivity contribution in [1.82, 2.24) is 9.78 Å². The Labute approximate surface area is 128 Å². The van der Waals surface area contributed by atoms with Crippen molar-refractivity contribution in [3.63, 3.8) is 0 Å². The zero-order valence-electron chi connectivity index (χ0n) is 12.3. The third-order valence-electron chi connectivity index (χ3n) is 3.38. The minimum Gasteiger partial charge on any atom is -0.362 e. The molecular formula is C18H16N2O2. The molecule has 0 amide bonds. The van der Waals surface area contributed by atoms with Crippen LogP contribution in [0.1, 0.15) is 0 Å². The molecule has 0 spiro atoms. The quantitative estimate of drug-likeness (QED) is 0.742. The molecule has 0 atom stereocenters. The Morgan fingerprint density at radius 1 is 0.955 bits per heavy atom. The van der Waals surface area contributed by atoms with Crippen LogP contribution in [0.25, 0.3) is 22.4 Å². The summed E-state index contributed by atoms with van der Waals surface area (Å²) in [5.41, 5.74) is 3.34. The number of ether oxygens (including phenoxy) is 1. The van der Waals surface area contributed by atoms with Crippen molar-refractivity contribution in [1.29, 1.82) is 0 Å². The zero-order valence-corrected chi connectivity index (χ0v) is 12.3. The molecule has 3 rings (SSSR count). The Bertz CT molecular complexity index is 811. The van der Waals surface area contributed by atoms with Crippen LogP contribution in [0.2, 0.25) is 0 Å². The van der Waals surface area contributed by atoms with Crippen LogP contribution in [0, 0.1) is 0 Å². The van der Waals surface area contributed by atoms with E-state index in [1.165, 1.54) is 4.68 Å². The number of aromatic nitrogens is 2. The van der Waals surface area contributed by atoms with Gasteiger partial charge in [0.15, 0.2) is 0 Å². The fraction of sp³-hybridized carbons (Fsp3) is 0.111. The second-order valence-electron chi connectivity index (χ2n) is 4.89. The molecule has 4 nitrogen and oxygen atoms in total. The Morgan fingerprint density at radius 2 is 1.55 bits per heavy atom. The van der Waals surface area contributed by atoms with Gasteiger partial charge in [-0.3, -0.25) is 4.79 Å². The maximum Gasteiger partial charge on any atom is 0.269 e. The van der Waals surface area contributed by atoms with Gasteiger partial charge in [0.25, 0.3) is 5.56 Å². The van der Waals surface area contributed by atoms with Gasteiger partial charge in [-0.05, 0) is 5.56 Å². The van der Waals surface area contributed by atoms with Gasteiger partial charge in [-0.2, -0.15) is 5.10 Å². The zero-order chi connectivity index (χ0) is 15.4. The van der Waals surface area contributed by atoms with Crippen LogP contribution >= 0.6 is 0 Å². The Kier molecular flexibility index (Phi) is 4.12. The average Bonchev–Trinajstić information content (AvgIpc) is 2.58. The van der Waals surface area contributed by atoms with Gasteiger partial charge in [0, 0.05) is 24.3 Å². The number of benzene rings is 2. The molecule has 0 aliphatic heterocycles. The highest BCUT2D eigenvalue weighted by molar-refractivity contribution is 5.80.